The monoisotopic (exact) mass is 264 g/mol. The highest BCUT2D eigenvalue weighted by Gasteiger charge is 2.12. The standard InChI is InChI=1S/C15H24N2O2/c1-15(2,3)12-6-8-13(9-7-12)19-11-5-10-17-14(18)16-4/h6-9H,5,10-11H2,1-4H3,(H2,16,17,18). The number of ether oxygens (including phenoxy) is 1. The van der Waals surface area contributed by atoms with Gasteiger partial charge in [0.1, 0.15) is 5.75 Å². The fourth-order valence-electron chi connectivity index (χ4n) is 1.60. The molecule has 0 saturated heterocycles. The van der Waals surface area contributed by atoms with Crippen molar-refractivity contribution in [1.82, 2.24) is 10.6 Å². The lowest BCUT2D eigenvalue weighted by Crippen LogP contribution is -2.33. The quantitative estimate of drug-likeness (QED) is 0.803. The summed E-state index contributed by atoms with van der Waals surface area (Å²) in [7, 11) is 1.60. The highest BCUT2D eigenvalue weighted by molar-refractivity contribution is 5.73. The molecule has 0 fully saturated rings. The average Bonchev–Trinajstić information content (AvgIpc) is 2.37. The molecule has 0 atom stereocenters. The zero-order valence-corrected chi connectivity index (χ0v) is 12.2. The average molecular weight is 264 g/mol. The molecule has 0 aliphatic heterocycles. The van der Waals surface area contributed by atoms with Crippen LogP contribution in [0.15, 0.2) is 24.3 Å². The van der Waals surface area contributed by atoms with E-state index in [9.17, 15) is 4.79 Å². The minimum atomic E-state index is -0.158. The van der Waals surface area contributed by atoms with E-state index >= 15 is 0 Å². The molecule has 0 saturated carbocycles. The second-order valence-corrected chi connectivity index (χ2v) is 5.48. The van der Waals surface area contributed by atoms with Gasteiger partial charge in [0.25, 0.3) is 0 Å². The molecule has 1 rings (SSSR count). The van der Waals surface area contributed by atoms with E-state index in [4.69, 9.17) is 4.74 Å². The summed E-state index contributed by atoms with van der Waals surface area (Å²) in [4.78, 5) is 10.9. The van der Waals surface area contributed by atoms with Gasteiger partial charge in [0.05, 0.1) is 6.61 Å². The summed E-state index contributed by atoms with van der Waals surface area (Å²) in [5, 5.41) is 5.22. The zero-order valence-electron chi connectivity index (χ0n) is 12.2. The van der Waals surface area contributed by atoms with Gasteiger partial charge in [-0.3, -0.25) is 0 Å². The molecule has 106 valence electrons. The molecule has 0 aliphatic carbocycles. The van der Waals surface area contributed by atoms with Gasteiger partial charge in [-0.25, -0.2) is 4.79 Å². The van der Waals surface area contributed by atoms with E-state index in [1.807, 2.05) is 12.1 Å². The first kappa shape index (κ1) is 15.3. The molecule has 0 spiro atoms. The van der Waals surface area contributed by atoms with E-state index < -0.39 is 0 Å². The third-order valence-corrected chi connectivity index (χ3v) is 2.82. The molecule has 0 bridgehead atoms. The van der Waals surface area contributed by atoms with Crippen LogP contribution in [0.4, 0.5) is 4.79 Å². The highest BCUT2D eigenvalue weighted by atomic mass is 16.5. The number of rotatable bonds is 5. The van der Waals surface area contributed by atoms with Gasteiger partial charge in [0.2, 0.25) is 0 Å². The van der Waals surface area contributed by atoms with Crippen LogP contribution in [0.2, 0.25) is 0 Å². The minimum absolute atomic E-state index is 0.158. The number of hydrogen-bond acceptors (Lipinski definition) is 2. The molecular weight excluding hydrogens is 240 g/mol. The van der Waals surface area contributed by atoms with Gasteiger partial charge < -0.3 is 15.4 Å². The van der Waals surface area contributed by atoms with Crippen LogP contribution in [-0.2, 0) is 5.41 Å². The maximum atomic E-state index is 10.9. The summed E-state index contributed by atoms with van der Waals surface area (Å²) in [6.45, 7) is 7.77. The first-order valence-corrected chi connectivity index (χ1v) is 6.62. The molecule has 1 aromatic carbocycles. The number of benzene rings is 1. The van der Waals surface area contributed by atoms with Crippen LogP contribution in [0, 0.1) is 0 Å². The minimum Gasteiger partial charge on any atom is -0.494 e. The van der Waals surface area contributed by atoms with E-state index in [1.165, 1.54) is 5.56 Å². The third-order valence-electron chi connectivity index (χ3n) is 2.82. The predicted octanol–water partition coefficient (Wildman–Crippen LogP) is 2.68. The summed E-state index contributed by atoms with van der Waals surface area (Å²) >= 11 is 0. The van der Waals surface area contributed by atoms with Crippen LogP contribution in [0.1, 0.15) is 32.8 Å². The molecule has 0 aromatic heterocycles. The Hall–Kier alpha value is -1.71. The largest absolute Gasteiger partial charge is 0.494 e. The lowest BCUT2D eigenvalue weighted by atomic mass is 9.87. The van der Waals surface area contributed by atoms with Gasteiger partial charge in [-0.15, -0.1) is 0 Å². The number of hydrogen-bond donors (Lipinski definition) is 2. The van der Waals surface area contributed by atoms with Crippen molar-refractivity contribution in [2.75, 3.05) is 20.2 Å². The molecule has 0 radical (unpaired) electrons. The van der Waals surface area contributed by atoms with Crippen molar-refractivity contribution in [3.05, 3.63) is 29.8 Å². The van der Waals surface area contributed by atoms with Crippen molar-refractivity contribution in [3.8, 4) is 5.75 Å². The van der Waals surface area contributed by atoms with Gasteiger partial charge in [0.15, 0.2) is 0 Å². The van der Waals surface area contributed by atoms with E-state index in [1.54, 1.807) is 7.05 Å². The lowest BCUT2D eigenvalue weighted by molar-refractivity contribution is 0.241. The molecular formula is C15H24N2O2. The van der Waals surface area contributed by atoms with E-state index in [0.29, 0.717) is 13.2 Å². The van der Waals surface area contributed by atoms with E-state index in [-0.39, 0.29) is 11.4 Å². The first-order chi connectivity index (χ1) is 8.93. The fourth-order valence-corrected chi connectivity index (χ4v) is 1.60. The van der Waals surface area contributed by atoms with Crippen molar-refractivity contribution in [1.29, 1.82) is 0 Å². The molecule has 4 nitrogen and oxygen atoms in total. The molecule has 19 heavy (non-hydrogen) atoms. The summed E-state index contributed by atoms with van der Waals surface area (Å²) in [5.74, 6) is 0.868. The molecule has 2 N–H and O–H groups in total. The summed E-state index contributed by atoms with van der Waals surface area (Å²) in [5.41, 5.74) is 1.46. The third kappa shape index (κ3) is 5.64. The second kappa shape index (κ2) is 7.02. The Labute approximate surface area is 115 Å². The van der Waals surface area contributed by atoms with E-state index in [2.05, 4.69) is 43.5 Å². The van der Waals surface area contributed by atoms with Crippen LogP contribution in [0.5, 0.6) is 5.75 Å². The summed E-state index contributed by atoms with van der Waals surface area (Å²) < 4.78 is 5.62. The molecule has 0 unspecified atom stereocenters. The van der Waals surface area contributed by atoms with Crippen molar-refractivity contribution >= 4 is 6.03 Å². The number of urea groups is 1. The Morgan fingerprint density at radius 2 is 1.84 bits per heavy atom. The first-order valence-electron chi connectivity index (χ1n) is 6.62. The molecule has 2 amide bonds. The van der Waals surface area contributed by atoms with Gasteiger partial charge in [-0.1, -0.05) is 32.9 Å². The van der Waals surface area contributed by atoms with Crippen molar-refractivity contribution < 1.29 is 9.53 Å². The number of amides is 2. The van der Waals surface area contributed by atoms with Crippen LogP contribution in [0.25, 0.3) is 0 Å². The van der Waals surface area contributed by atoms with Crippen LogP contribution in [-0.4, -0.2) is 26.2 Å². The maximum absolute atomic E-state index is 10.9. The van der Waals surface area contributed by atoms with E-state index in [0.717, 1.165) is 12.2 Å². The topological polar surface area (TPSA) is 50.4 Å². The van der Waals surface area contributed by atoms with Crippen LogP contribution < -0.4 is 15.4 Å². The van der Waals surface area contributed by atoms with Crippen molar-refractivity contribution in [3.63, 3.8) is 0 Å². The summed E-state index contributed by atoms with van der Waals surface area (Å²) in [6, 6.07) is 8.02. The van der Waals surface area contributed by atoms with Crippen LogP contribution >= 0.6 is 0 Å². The molecule has 0 aliphatic rings. The summed E-state index contributed by atoms with van der Waals surface area (Å²) in [6.07, 6.45) is 0.786. The Kier molecular flexibility index (Phi) is 5.67. The Balaban J connectivity index is 2.29. The number of carbonyl (C=O) groups excluding carboxylic acids is 1. The lowest BCUT2D eigenvalue weighted by Gasteiger charge is -2.19. The number of carbonyl (C=O) groups is 1. The van der Waals surface area contributed by atoms with Gasteiger partial charge in [-0.05, 0) is 29.5 Å². The van der Waals surface area contributed by atoms with Gasteiger partial charge >= 0.3 is 6.03 Å². The molecule has 4 heteroatoms. The van der Waals surface area contributed by atoms with Crippen LogP contribution in [0.3, 0.4) is 0 Å². The van der Waals surface area contributed by atoms with Crippen molar-refractivity contribution in [2.24, 2.45) is 0 Å². The fraction of sp³-hybridized carbons (Fsp3) is 0.533. The highest BCUT2D eigenvalue weighted by Crippen LogP contribution is 2.24. The maximum Gasteiger partial charge on any atom is 0.314 e. The Morgan fingerprint density at radius 3 is 2.37 bits per heavy atom. The van der Waals surface area contributed by atoms with Gasteiger partial charge in [-0.2, -0.15) is 0 Å². The zero-order chi connectivity index (χ0) is 14.3. The Morgan fingerprint density at radius 1 is 1.21 bits per heavy atom. The second-order valence-electron chi connectivity index (χ2n) is 5.48. The SMILES string of the molecule is CNC(=O)NCCCOc1ccc(C(C)(C)C)cc1. The molecule has 1 aromatic rings. The van der Waals surface area contributed by atoms with Gasteiger partial charge in [0, 0.05) is 13.6 Å². The van der Waals surface area contributed by atoms with Crippen molar-refractivity contribution in [2.45, 2.75) is 32.6 Å². The molecule has 0 heterocycles. The Bertz CT molecular complexity index is 394. The predicted molar refractivity (Wildman–Crippen MR) is 77.7 cm³/mol. The normalized spacial score (nSPS) is 10.9. The smallest absolute Gasteiger partial charge is 0.314 e. The number of nitrogens with one attached hydrogen (secondary N) is 2.